The molecule has 2 aliphatic carbocycles. The molecule has 0 aromatic carbocycles. The van der Waals surface area contributed by atoms with E-state index >= 15 is 0 Å². The molecule has 1 aromatic heterocycles. The Morgan fingerprint density at radius 3 is 2.16 bits per heavy atom. The molecule has 0 aliphatic heterocycles. The minimum atomic E-state index is 0.866. The first-order valence-electron chi connectivity index (χ1n) is 7.97. The highest BCUT2D eigenvalue weighted by atomic mass is 15.2. The van der Waals surface area contributed by atoms with Crippen LogP contribution >= 0.6 is 0 Å². The Bertz CT molecular complexity index is 378. The Morgan fingerprint density at radius 2 is 1.58 bits per heavy atom. The first-order chi connectivity index (χ1) is 9.33. The lowest BCUT2D eigenvalue weighted by molar-refractivity contribution is 0.133. The zero-order valence-corrected chi connectivity index (χ0v) is 12.1. The van der Waals surface area contributed by atoms with Crippen molar-refractivity contribution in [3.05, 3.63) is 30.1 Å². The second-order valence-corrected chi connectivity index (χ2v) is 6.49. The van der Waals surface area contributed by atoms with Crippen LogP contribution in [0.2, 0.25) is 0 Å². The topological polar surface area (TPSA) is 16.1 Å². The average Bonchev–Trinajstić information content (AvgIpc) is 3.27. The second-order valence-electron chi connectivity index (χ2n) is 6.49. The molecular weight excluding hydrogens is 232 g/mol. The largest absolute Gasteiger partial charge is 0.297 e. The van der Waals surface area contributed by atoms with Gasteiger partial charge in [0.1, 0.15) is 0 Å². The number of aromatic nitrogens is 1. The molecule has 0 unspecified atom stereocenters. The normalized spacial score (nSPS) is 27.7. The van der Waals surface area contributed by atoms with E-state index in [9.17, 15) is 0 Å². The predicted octanol–water partition coefficient (Wildman–Crippen LogP) is 3.67. The van der Waals surface area contributed by atoms with Crippen molar-refractivity contribution in [3.8, 4) is 0 Å². The van der Waals surface area contributed by atoms with Gasteiger partial charge in [0.05, 0.1) is 0 Å². The summed E-state index contributed by atoms with van der Waals surface area (Å²) < 4.78 is 0. The van der Waals surface area contributed by atoms with Gasteiger partial charge in [-0.3, -0.25) is 9.88 Å². The van der Waals surface area contributed by atoms with Gasteiger partial charge in [0.15, 0.2) is 0 Å². The van der Waals surface area contributed by atoms with Crippen LogP contribution in [-0.4, -0.2) is 28.5 Å². The van der Waals surface area contributed by atoms with Crippen LogP contribution < -0.4 is 0 Å². The van der Waals surface area contributed by atoms with Crippen molar-refractivity contribution >= 4 is 0 Å². The quantitative estimate of drug-likeness (QED) is 0.801. The maximum Gasteiger partial charge on any atom is 0.0270 e. The Morgan fingerprint density at radius 1 is 1.00 bits per heavy atom. The predicted molar refractivity (Wildman–Crippen MR) is 79.1 cm³/mol. The highest BCUT2D eigenvalue weighted by molar-refractivity contribution is 5.10. The van der Waals surface area contributed by atoms with Crippen molar-refractivity contribution in [1.82, 2.24) is 9.88 Å². The van der Waals surface area contributed by atoms with Gasteiger partial charge in [-0.15, -0.1) is 0 Å². The van der Waals surface area contributed by atoms with Crippen LogP contribution in [-0.2, 0) is 6.42 Å². The molecule has 0 N–H and O–H groups in total. The minimum Gasteiger partial charge on any atom is -0.297 e. The van der Waals surface area contributed by atoms with Crippen molar-refractivity contribution in [2.75, 3.05) is 6.54 Å². The van der Waals surface area contributed by atoms with Crippen LogP contribution in [0.5, 0.6) is 0 Å². The zero-order valence-electron chi connectivity index (χ0n) is 12.1. The smallest absolute Gasteiger partial charge is 0.0270 e. The Balaban J connectivity index is 1.56. The molecule has 0 saturated heterocycles. The molecule has 1 heterocycles. The Labute approximate surface area is 117 Å². The lowest BCUT2D eigenvalue weighted by Crippen LogP contribution is -2.40. The van der Waals surface area contributed by atoms with Gasteiger partial charge in [0.25, 0.3) is 0 Å². The molecule has 2 heteroatoms. The summed E-state index contributed by atoms with van der Waals surface area (Å²) in [5.41, 5.74) is 1.44. The molecule has 0 radical (unpaired) electrons. The highest BCUT2D eigenvalue weighted by Gasteiger charge is 2.34. The van der Waals surface area contributed by atoms with Gasteiger partial charge in [-0.25, -0.2) is 0 Å². The van der Waals surface area contributed by atoms with E-state index in [0.717, 1.165) is 18.0 Å². The number of rotatable bonds is 5. The van der Waals surface area contributed by atoms with Gasteiger partial charge in [-0.05, 0) is 68.6 Å². The number of nitrogens with zero attached hydrogens (tertiary/aromatic N) is 2. The third-order valence-corrected chi connectivity index (χ3v) is 4.88. The highest BCUT2D eigenvalue weighted by Crippen LogP contribution is 2.35. The summed E-state index contributed by atoms with van der Waals surface area (Å²) >= 11 is 0. The van der Waals surface area contributed by atoms with E-state index in [1.54, 1.807) is 0 Å². The van der Waals surface area contributed by atoms with E-state index in [1.165, 1.54) is 57.1 Å². The number of hydrogen-bond donors (Lipinski definition) is 0. The van der Waals surface area contributed by atoms with Crippen LogP contribution in [0.3, 0.4) is 0 Å². The fraction of sp³-hybridized carbons (Fsp3) is 0.706. The third kappa shape index (κ3) is 3.56. The molecular formula is C17H26N2. The van der Waals surface area contributed by atoms with Crippen molar-refractivity contribution in [2.45, 2.75) is 64.0 Å². The molecule has 2 aliphatic rings. The molecule has 1 aromatic rings. The Kier molecular flexibility index (Phi) is 4.17. The molecule has 2 fully saturated rings. The van der Waals surface area contributed by atoms with Gasteiger partial charge < -0.3 is 0 Å². The molecule has 0 atom stereocenters. The standard InChI is InChI=1S/C17H26N2/c1-14-2-4-16(5-3-14)19(17-6-7-17)13-10-15-8-11-18-12-9-15/h8-9,11-12,14,16-17H,2-7,10,13H2,1H3. The molecule has 2 nitrogen and oxygen atoms in total. The van der Waals surface area contributed by atoms with Gasteiger partial charge in [0, 0.05) is 31.0 Å². The lowest BCUT2D eigenvalue weighted by atomic mass is 9.86. The molecule has 19 heavy (non-hydrogen) atoms. The molecule has 3 rings (SSSR count). The maximum absolute atomic E-state index is 4.10. The summed E-state index contributed by atoms with van der Waals surface area (Å²) in [4.78, 5) is 6.93. The fourth-order valence-electron chi connectivity index (χ4n) is 3.45. The summed E-state index contributed by atoms with van der Waals surface area (Å²) in [6.07, 6.45) is 13.6. The first-order valence-corrected chi connectivity index (χ1v) is 7.97. The van der Waals surface area contributed by atoms with Crippen LogP contribution in [0.1, 0.15) is 51.0 Å². The minimum absolute atomic E-state index is 0.866. The van der Waals surface area contributed by atoms with Gasteiger partial charge in [0.2, 0.25) is 0 Å². The SMILES string of the molecule is CC1CCC(N(CCc2ccncc2)C2CC2)CC1. The molecule has 0 spiro atoms. The van der Waals surface area contributed by atoms with Crippen molar-refractivity contribution < 1.29 is 0 Å². The maximum atomic E-state index is 4.10. The summed E-state index contributed by atoms with van der Waals surface area (Å²) in [5, 5.41) is 0. The van der Waals surface area contributed by atoms with Crippen LogP contribution in [0.15, 0.2) is 24.5 Å². The first kappa shape index (κ1) is 13.1. The summed E-state index contributed by atoms with van der Waals surface area (Å²) in [7, 11) is 0. The monoisotopic (exact) mass is 258 g/mol. The van der Waals surface area contributed by atoms with E-state index < -0.39 is 0 Å². The summed E-state index contributed by atoms with van der Waals surface area (Å²) in [5.74, 6) is 0.956. The van der Waals surface area contributed by atoms with Gasteiger partial charge >= 0.3 is 0 Å². The molecule has 0 amide bonds. The van der Waals surface area contributed by atoms with Crippen molar-refractivity contribution in [1.29, 1.82) is 0 Å². The van der Waals surface area contributed by atoms with E-state index in [1.807, 2.05) is 12.4 Å². The summed E-state index contributed by atoms with van der Waals surface area (Å²) in [6.45, 7) is 3.66. The van der Waals surface area contributed by atoms with E-state index in [-0.39, 0.29) is 0 Å². The zero-order chi connectivity index (χ0) is 13.1. The van der Waals surface area contributed by atoms with E-state index in [0.29, 0.717) is 0 Å². The molecule has 0 bridgehead atoms. The third-order valence-electron chi connectivity index (χ3n) is 4.88. The van der Waals surface area contributed by atoms with E-state index in [2.05, 4.69) is 28.9 Å². The lowest BCUT2D eigenvalue weighted by Gasteiger charge is -2.36. The van der Waals surface area contributed by atoms with Gasteiger partial charge in [-0.2, -0.15) is 0 Å². The van der Waals surface area contributed by atoms with Crippen molar-refractivity contribution in [3.63, 3.8) is 0 Å². The van der Waals surface area contributed by atoms with E-state index in [4.69, 9.17) is 0 Å². The Hall–Kier alpha value is -0.890. The number of pyridine rings is 1. The number of hydrogen-bond acceptors (Lipinski definition) is 2. The average molecular weight is 258 g/mol. The van der Waals surface area contributed by atoms with Crippen LogP contribution in [0, 0.1) is 5.92 Å². The van der Waals surface area contributed by atoms with Crippen molar-refractivity contribution in [2.24, 2.45) is 5.92 Å². The molecule has 2 saturated carbocycles. The van der Waals surface area contributed by atoms with Crippen LogP contribution in [0.25, 0.3) is 0 Å². The fourth-order valence-corrected chi connectivity index (χ4v) is 3.45. The molecule has 104 valence electrons. The summed E-state index contributed by atoms with van der Waals surface area (Å²) in [6, 6.07) is 6.09. The van der Waals surface area contributed by atoms with Gasteiger partial charge in [-0.1, -0.05) is 6.92 Å². The second kappa shape index (κ2) is 6.04. The van der Waals surface area contributed by atoms with Crippen LogP contribution in [0.4, 0.5) is 0 Å².